The second-order valence-electron chi connectivity index (χ2n) is 6.61. The molecular weight excluding hydrogens is 448 g/mol. The highest BCUT2D eigenvalue weighted by molar-refractivity contribution is 9.10. The molecule has 1 aromatic heterocycles. The molecule has 144 valence electrons. The summed E-state index contributed by atoms with van der Waals surface area (Å²) in [6, 6.07) is 19.5. The van der Waals surface area contributed by atoms with Gasteiger partial charge in [0.2, 0.25) is 5.91 Å². The minimum atomic E-state index is -0.279. The van der Waals surface area contributed by atoms with Crippen molar-refractivity contribution >= 4 is 66.0 Å². The zero-order valence-corrected chi connectivity index (χ0v) is 17.8. The number of hydrogen-bond acceptors (Lipinski definition) is 4. The van der Waals surface area contributed by atoms with E-state index in [1.807, 2.05) is 60.0 Å². The minimum absolute atomic E-state index is 0.0576. The van der Waals surface area contributed by atoms with Gasteiger partial charge in [-0.2, -0.15) is 5.10 Å². The van der Waals surface area contributed by atoms with Crippen molar-refractivity contribution in [2.75, 3.05) is 0 Å². The lowest BCUT2D eigenvalue weighted by atomic mass is 10.0. The molecule has 0 saturated carbocycles. The summed E-state index contributed by atoms with van der Waals surface area (Å²) in [7, 11) is 0. The minimum Gasteiger partial charge on any atom is -0.294 e. The van der Waals surface area contributed by atoms with Crippen molar-refractivity contribution in [2.45, 2.75) is 12.8 Å². The lowest BCUT2D eigenvalue weighted by molar-refractivity contribution is -0.121. The molecule has 0 unspecified atom stereocenters. The van der Waals surface area contributed by atoms with Gasteiger partial charge in [0.05, 0.1) is 6.21 Å². The van der Waals surface area contributed by atoms with Crippen LogP contribution in [0.4, 0.5) is 0 Å². The van der Waals surface area contributed by atoms with Crippen molar-refractivity contribution in [2.24, 2.45) is 5.10 Å². The van der Waals surface area contributed by atoms with Crippen LogP contribution in [0, 0.1) is 0 Å². The molecule has 1 N–H and O–H groups in total. The van der Waals surface area contributed by atoms with E-state index in [-0.39, 0.29) is 24.5 Å². The van der Waals surface area contributed by atoms with E-state index in [4.69, 9.17) is 0 Å². The van der Waals surface area contributed by atoms with Crippen LogP contribution >= 0.6 is 27.3 Å². The smallest absolute Gasteiger partial charge is 0.240 e. The van der Waals surface area contributed by atoms with E-state index in [9.17, 15) is 9.59 Å². The van der Waals surface area contributed by atoms with Crippen molar-refractivity contribution in [3.63, 3.8) is 0 Å². The Morgan fingerprint density at radius 3 is 2.69 bits per heavy atom. The van der Waals surface area contributed by atoms with E-state index in [1.54, 1.807) is 23.6 Å². The zero-order valence-electron chi connectivity index (χ0n) is 15.4. The zero-order chi connectivity index (χ0) is 20.2. The van der Waals surface area contributed by atoms with E-state index in [1.165, 1.54) is 4.70 Å². The molecule has 0 bridgehead atoms. The summed E-state index contributed by atoms with van der Waals surface area (Å²) in [5.41, 5.74) is 4.08. The molecule has 0 fully saturated rings. The second kappa shape index (κ2) is 8.68. The largest absolute Gasteiger partial charge is 0.294 e. The number of fused-ring (bicyclic) bond motifs is 2. The average Bonchev–Trinajstić information content (AvgIpc) is 3.15. The van der Waals surface area contributed by atoms with E-state index in [0.29, 0.717) is 5.56 Å². The number of nitrogens with zero attached hydrogens (tertiary/aromatic N) is 1. The number of nitrogens with one attached hydrogen (secondary N) is 1. The monoisotopic (exact) mass is 464 g/mol. The van der Waals surface area contributed by atoms with E-state index >= 15 is 0 Å². The Bertz CT molecular complexity index is 1250. The Balaban J connectivity index is 1.33. The summed E-state index contributed by atoms with van der Waals surface area (Å²) >= 11 is 5.08. The molecule has 4 nitrogen and oxygen atoms in total. The van der Waals surface area contributed by atoms with Gasteiger partial charge in [-0.05, 0) is 35.0 Å². The van der Waals surface area contributed by atoms with E-state index < -0.39 is 0 Å². The number of halogens is 1. The molecule has 0 spiro atoms. The van der Waals surface area contributed by atoms with Gasteiger partial charge in [-0.1, -0.05) is 52.3 Å². The van der Waals surface area contributed by atoms with Crippen molar-refractivity contribution in [1.29, 1.82) is 0 Å². The Hall–Kier alpha value is -2.83. The fourth-order valence-electron chi connectivity index (χ4n) is 3.09. The molecule has 1 heterocycles. The number of Topliss-reactive ketones (excluding diaryl/α,β-unsaturated/α-hetero) is 1. The van der Waals surface area contributed by atoms with Crippen LogP contribution in [-0.4, -0.2) is 17.9 Å². The number of hydrazone groups is 1. The maximum atomic E-state index is 12.4. The quantitative estimate of drug-likeness (QED) is 0.218. The lowest BCUT2D eigenvalue weighted by Gasteiger charge is -2.04. The first-order valence-corrected chi connectivity index (χ1v) is 10.8. The van der Waals surface area contributed by atoms with E-state index in [0.717, 1.165) is 26.2 Å². The van der Waals surface area contributed by atoms with Crippen LogP contribution in [0.5, 0.6) is 0 Å². The van der Waals surface area contributed by atoms with Crippen LogP contribution in [-0.2, 0) is 4.79 Å². The Morgan fingerprint density at radius 2 is 1.79 bits per heavy atom. The molecule has 3 aromatic carbocycles. The molecule has 1 amide bonds. The topological polar surface area (TPSA) is 58.5 Å². The lowest BCUT2D eigenvalue weighted by Crippen LogP contribution is -2.18. The van der Waals surface area contributed by atoms with Gasteiger partial charge in [0, 0.05) is 43.9 Å². The Kier molecular flexibility index (Phi) is 5.83. The number of rotatable bonds is 6. The highest BCUT2D eigenvalue weighted by Crippen LogP contribution is 2.24. The molecule has 0 aliphatic carbocycles. The predicted octanol–water partition coefficient (Wildman–Crippen LogP) is 5.93. The van der Waals surface area contributed by atoms with Gasteiger partial charge in [-0.25, -0.2) is 5.43 Å². The standard InChI is InChI=1S/C23H17BrN2O2S/c24-19-8-7-15-11-17(6-5-16(15)12-19)21(27)9-10-23(28)26-25-13-18-14-29-22-4-2-1-3-20(18)22/h1-8,11-14H,9-10H2,(H,26,28)/b25-13+. The summed E-state index contributed by atoms with van der Waals surface area (Å²) in [5.74, 6) is -0.336. The van der Waals surface area contributed by atoms with Crippen LogP contribution in [0.2, 0.25) is 0 Å². The van der Waals surface area contributed by atoms with Gasteiger partial charge in [0.1, 0.15) is 0 Å². The second-order valence-corrected chi connectivity index (χ2v) is 8.44. The normalized spacial score (nSPS) is 11.3. The van der Waals surface area contributed by atoms with Crippen molar-refractivity contribution < 1.29 is 9.59 Å². The Labute approximate surface area is 180 Å². The first-order chi connectivity index (χ1) is 14.1. The number of hydrogen-bond donors (Lipinski definition) is 1. The molecule has 0 atom stereocenters. The average molecular weight is 465 g/mol. The van der Waals surface area contributed by atoms with Gasteiger partial charge in [0.25, 0.3) is 0 Å². The molecular formula is C23H17BrN2O2S. The summed E-state index contributed by atoms with van der Waals surface area (Å²) in [6.07, 6.45) is 1.88. The van der Waals surface area contributed by atoms with E-state index in [2.05, 4.69) is 26.5 Å². The van der Waals surface area contributed by atoms with Gasteiger partial charge < -0.3 is 0 Å². The van der Waals surface area contributed by atoms with Gasteiger partial charge >= 0.3 is 0 Å². The SMILES string of the molecule is O=C(CCC(=O)c1ccc2cc(Br)ccc2c1)N/N=C/c1csc2ccccc12. The molecule has 0 aliphatic heterocycles. The summed E-state index contributed by atoms with van der Waals surface area (Å²) in [5, 5.41) is 9.19. The van der Waals surface area contributed by atoms with Crippen molar-refractivity contribution in [3.05, 3.63) is 81.6 Å². The van der Waals surface area contributed by atoms with Crippen LogP contribution < -0.4 is 5.43 Å². The van der Waals surface area contributed by atoms with Crippen LogP contribution in [0.25, 0.3) is 20.9 Å². The van der Waals surface area contributed by atoms with Crippen molar-refractivity contribution in [3.8, 4) is 0 Å². The van der Waals surface area contributed by atoms with Crippen LogP contribution in [0.3, 0.4) is 0 Å². The summed E-state index contributed by atoms with van der Waals surface area (Å²) in [4.78, 5) is 24.5. The fraction of sp³-hybridized carbons (Fsp3) is 0.0870. The highest BCUT2D eigenvalue weighted by Gasteiger charge is 2.10. The number of ketones is 1. The third kappa shape index (κ3) is 4.60. The maximum Gasteiger partial charge on any atom is 0.240 e. The molecule has 0 radical (unpaired) electrons. The summed E-state index contributed by atoms with van der Waals surface area (Å²) < 4.78 is 2.17. The number of thiophene rings is 1. The van der Waals surface area contributed by atoms with Gasteiger partial charge in [0.15, 0.2) is 5.78 Å². The summed E-state index contributed by atoms with van der Waals surface area (Å²) in [6.45, 7) is 0. The van der Waals surface area contributed by atoms with Crippen LogP contribution in [0.15, 0.2) is 75.6 Å². The third-order valence-electron chi connectivity index (χ3n) is 4.61. The van der Waals surface area contributed by atoms with Gasteiger partial charge in [-0.15, -0.1) is 11.3 Å². The number of carbonyl (C=O) groups is 2. The number of benzene rings is 3. The van der Waals surface area contributed by atoms with Crippen molar-refractivity contribution in [1.82, 2.24) is 5.43 Å². The molecule has 4 rings (SSSR count). The molecule has 29 heavy (non-hydrogen) atoms. The molecule has 6 heteroatoms. The molecule has 4 aromatic rings. The maximum absolute atomic E-state index is 12.4. The fourth-order valence-corrected chi connectivity index (χ4v) is 4.38. The number of carbonyl (C=O) groups excluding carboxylic acids is 2. The molecule has 0 aliphatic rings. The highest BCUT2D eigenvalue weighted by atomic mass is 79.9. The Morgan fingerprint density at radius 1 is 1.00 bits per heavy atom. The molecule has 0 saturated heterocycles. The van der Waals surface area contributed by atoms with Gasteiger partial charge in [-0.3, -0.25) is 9.59 Å². The number of amides is 1. The predicted molar refractivity (Wildman–Crippen MR) is 123 cm³/mol. The van der Waals surface area contributed by atoms with Crippen LogP contribution in [0.1, 0.15) is 28.8 Å². The third-order valence-corrected chi connectivity index (χ3v) is 6.08. The first kappa shape index (κ1) is 19.5. The first-order valence-electron chi connectivity index (χ1n) is 9.11.